The first kappa shape index (κ1) is 49.6. The lowest BCUT2D eigenvalue weighted by atomic mass is 9.96. The maximum atomic E-state index is 13.6. The number of carbonyl (C=O) groups is 10. The maximum Gasteiger partial charge on any atom is 0.326 e. The topological polar surface area (TPSA) is 387 Å². The molecule has 0 aromatic heterocycles. The number of rotatable bonds is 27. The quantitative estimate of drug-likeness (QED) is 0.0351. The molecule has 0 radical (unpaired) electrons. The molecule has 0 heterocycles. The van der Waals surface area contributed by atoms with Crippen molar-refractivity contribution in [3.63, 3.8) is 0 Å². The van der Waals surface area contributed by atoms with E-state index in [-0.39, 0.29) is 6.42 Å². The fourth-order valence-electron chi connectivity index (χ4n) is 4.95. The summed E-state index contributed by atoms with van der Waals surface area (Å²) in [6, 6.07) is -9.95. The van der Waals surface area contributed by atoms with Crippen LogP contribution in [0.2, 0.25) is 0 Å². The minimum absolute atomic E-state index is 0.118. The van der Waals surface area contributed by atoms with Crippen LogP contribution in [0.1, 0.15) is 86.0 Å². The predicted molar refractivity (Wildman–Crippen MR) is 195 cm³/mol. The third-order valence-corrected chi connectivity index (χ3v) is 8.44. The third kappa shape index (κ3) is 19.0. The van der Waals surface area contributed by atoms with Gasteiger partial charge in [0, 0.05) is 6.42 Å². The highest BCUT2D eigenvalue weighted by Gasteiger charge is 2.36. The third-order valence-electron chi connectivity index (χ3n) is 8.44. The Morgan fingerprint density at radius 2 is 1.11 bits per heavy atom. The van der Waals surface area contributed by atoms with Crippen LogP contribution in [-0.2, 0) is 47.9 Å². The molecule has 16 N–H and O–H groups in total. The first-order valence-electron chi connectivity index (χ1n) is 17.8. The molecule has 0 aromatic carbocycles. The maximum absolute atomic E-state index is 13.6. The van der Waals surface area contributed by atoms with Crippen molar-refractivity contribution in [3.8, 4) is 0 Å². The van der Waals surface area contributed by atoms with Crippen LogP contribution in [0.3, 0.4) is 0 Å². The average molecular weight is 787 g/mol. The molecular formula is C33H58N10O12. The van der Waals surface area contributed by atoms with Gasteiger partial charge in [0.25, 0.3) is 0 Å². The summed E-state index contributed by atoms with van der Waals surface area (Å²) in [5, 5.41) is 33.1. The van der Waals surface area contributed by atoms with Crippen molar-refractivity contribution in [1.82, 2.24) is 31.9 Å². The summed E-state index contributed by atoms with van der Waals surface area (Å²) < 4.78 is 0. The van der Waals surface area contributed by atoms with E-state index in [9.17, 15) is 58.2 Å². The van der Waals surface area contributed by atoms with Gasteiger partial charge in [-0.3, -0.25) is 43.2 Å². The molecule has 0 fully saturated rings. The summed E-state index contributed by atoms with van der Waals surface area (Å²) in [6.45, 7) is 8.20. The lowest BCUT2D eigenvalue weighted by Gasteiger charge is -2.30. The number of carboxylic acid groups (broad SMARTS) is 2. The van der Waals surface area contributed by atoms with Crippen LogP contribution in [0.4, 0.5) is 0 Å². The van der Waals surface area contributed by atoms with Gasteiger partial charge in [-0.05, 0) is 51.0 Å². The number of nitrogens with one attached hydrogen (secondary N) is 6. The van der Waals surface area contributed by atoms with E-state index >= 15 is 0 Å². The monoisotopic (exact) mass is 786 g/mol. The highest BCUT2D eigenvalue weighted by Crippen LogP contribution is 2.12. The molecule has 0 saturated carbocycles. The van der Waals surface area contributed by atoms with Gasteiger partial charge in [-0.15, -0.1) is 0 Å². The van der Waals surface area contributed by atoms with Crippen molar-refractivity contribution in [2.24, 2.45) is 34.8 Å². The normalized spacial score (nSPS) is 15.3. The molecule has 0 unspecified atom stereocenters. The standard InChI is InChI=1S/C33H58N10O12/c1-6-16(4)26(32(53)38-17(5)27(48)40-20(33(54)55)9-7-8-12-34)43-31(52)25(15(2)3)42-29(50)19(10-11-22(36)44)39-30(51)21(14-24(46)47)41-28(49)18(35)13-23(37)45/h15-21,25-26H,6-14,34-35H2,1-5H3,(H2,36,44)(H2,37,45)(H,38,53)(H,39,51)(H,40,48)(H,41,49)(H,42,50)(H,43,52)(H,46,47)(H,54,55)/t16-,17-,18-,19-,20-,21-,25-,26-/m0/s1. The highest BCUT2D eigenvalue weighted by molar-refractivity contribution is 5.98. The Balaban J connectivity index is 6.11. The van der Waals surface area contributed by atoms with E-state index in [1.165, 1.54) is 6.92 Å². The number of nitrogens with two attached hydrogens (primary N) is 4. The number of aliphatic carboxylic acids is 2. The van der Waals surface area contributed by atoms with Gasteiger partial charge < -0.3 is 65.0 Å². The van der Waals surface area contributed by atoms with Crippen LogP contribution < -0.4 is 54.8 Å². The molecule has 312 valence electrons. The van der Waals surface area contributed by atoms with Crippen molar-refractivity contribution in [2.45, 2.75) is 128 Å². The van der Waals surface area contributed by atoms with Crippen molar-refractivity contribution >= 4 is 59.2 Å². The minimum Gasteiger partial charge on any atom is -0.481 e. The number of carbonyl (C=O) groups excluding carboxylic acids is 8. The van der Waals surface area contributed by atoms with Gasteiger partial charge in [0.2, 0.25) is 47.3 Å². The molecule has 22 nitrogen and oxygen atoms in total. The van der Waals surface area contributed by atoms with E-state index in [0.717, 1.165) is 0 Å². The molecule has 0 aliphatic rings. The number of amides is 8. The molecule has 0 bridgehead atoms. The lowest BCUT2D eigenvalue weighted by molar-refractivity contribution is -0.142. The zero-order chi connectivity index (χ0) is 42.6. The minimum atomic E-state index is -1.80. The molecule has 0 aromatic rings. The fraction of sp³-hybridized carbons (Fsp3) is 0.697. The zero-order valence-electron chi connectivity index (χ0n) is 31.8. The SMILES string of the molecule is CC[C@H](C)[C@H](NC(=O)[C@@H](NC(=O)[C@H](CCC(N)=O)NC(=O)[C@H](CC(=O)O)NC(=O)[C@@H](N)CC(N)=O)C(C)C)C(=O)N[C@@H](C)C(=O)N[C@@H](CCCCN)C(=O)O. The molecule has 22 heteroatoms. The second-order valence-corrected chi connectivity index (χ2v) is 13.5. The molecule has 0 spiro atoms. The average Bonchev–Trinajstić information content (AvgIpc) is 3.08. The Morgan fingerprint density at radius 3 is 1.60 bits per heavy atom. The van der Waals surface area contributed by atoms with Gasteiger partial charge in [-0.25, -0.2) is 4.79 Å². The summed E-state index contributed by atoms with van der Waals surface area (Å²) in [5.41, 5.74) is 21.3. The highest BCUT2D eigenvalue weighted by atomic mass is 16.4. The van der Waals surface area contributed by atoms with Gasteiger partial charge in [0.1, 0.15) is 36.3 Å². The van der Waals surface area contributed by atoms with Crippen LogP contribution >= 0.6 is 0 Å². The Labute approximate surface area is 318 Å². The molecule has 8 atom stereocenters. The second-order valence-electron chi connectivity index (χ2n) is 13.5. The molecule has 0 saturated heterocycles. The van der Waals surface area contributed by atoms with Gasteiger partial charge >= 0.3 is 11.9 Å². The fourth-order valence-corrected chi connectivity index (χ4v) is 4.95. The van der Waals surface area contributed by atoms with Crippen molar-refractivity contribution in [2.75, 3.05) is 6.54 Å². The molecule has 0 aliphatic heterocycles. The molecule has 0 aliphatic carbocycles. The summed E-state index contributed by atoms with van der Waals surface area (Å²) in [5.74, 6) is -11.4. The van der Waals surface area contributed by atoms with Gasteiger partial charge in [0.05, 0.1) is 18.9 Å². The Hall–Kier alpha value is -5.38. The van der Waals surface area contributed by atoms with Crippen LogP contribution in [-0.4, -0.2) is 118 Å². The number of primary amides is 2. The summed E-state index contributed by atoms with van der Waals surface area (Å²) >= 11 is 0. The molecule has 55 heavy (non-hydrogen) atoms. The molecular weight excluding hydrogens is 728 g/mol. The largest absolute Gasteiger partial charge is 0.481 e. The number of unbranched alkanes of at least 4 members (excludes halogenated alkanes) is 1. The molecule has 8 amide bonds. The second kappa shape index (κ2) is 24.8. The molecule has 0 rings (SSSR count). The Bertz CT molecular complexity index is 1390. The van der Waals surface area contributed by atoms with Crippen LogP contribution in [0, 0.1) is 11.8 Å². The zero-order valence-corrected chi connectivity index (χ0v) is 31.8. The van der Waals surface area contributed by atoms with Gasteiger partial charge in [-0.2, -0.15) is 0 Å². The number of hydrogen-bond acceptors (Lipinski definition) is 12. The smallest absolute Gasteiger partial charge is 0.326 e. The first-order chi connectivity index (χ1) is 25.5. The van der Waals surface area contributed by atoms with Crippen LogP contribution in [0.5, 0.6) is 0 Å². The van der Waals surface area contributed by atoms with E-state index in [4.69, 9.17) is 22.9 Å². The van der Waals surface area contributed by atoms with Crippen molar-refractivity contribution in [3.05, 3.63) is 0 Å². The summed E-state index contributed by atoms with van der Waals surface area (Å²) in [4.78, 5) is 125. The van der Waals surface area contributed by atoms with E-state index in [1.807, 2.05) is 0 Å². The van der Waals surface area contributed by atoms with E-state index < -0.39 is 139 Å². The number of carboxylic acids is 2. The van der Waals surface area contributed by atoms with E-state index in [2.05, 4.69) is 31.9 Å². The van der Waals surface area contributed by atoms with Gasteiger partial charge in [-0.1, -0.05) is 34.1 Å². The summed E-state index contributed by atoms with van der Waals surface area (Å²) in [7, 11) is 0. The summed E-state index contributed by atoms with van der Waals surface area (Å²) in [6.07, 6.45) is -0.966. The predicted octanol–water partition coefficient (Wildman–Crippen LogP) is -4.23. The van der Waals surface area contributed by atoms with Crippen LogP contribution in [0.25, 0.3) is 0 Å². The van der Waals surface area contributed by atoms with Crippen LogP contribution in [0.15, 0.2) is 0 Å². The lowest BCUT2D eigenvalue weighted by Crippen LogP contribution is -2.61. The van der Waals surface area contributed by atoms with Crippen molar-refractivity contribution in [1.29, 1.82) is 0 Å². The Morgan fingerprint density at radius 1 is 0.582 bits per heavy atom. The van der Waals surface area contributed by atoms with E-state index in [0.29, 0.717) is 25.8 Å². The van der Waals surface area contributed by atoms with Crippen molar-refractivity contribution < 1.29 is 58.2 Å². The Kier molecular flexibility index (Phi) is 22.4. The van der Waals surface area contributed by atoms with Gasteiger partial charge in [0.15, 0.2) is 0 Å². The van der Waals surface area contributed by atoms with E-state index in [1.54, 1.807) is 27.7 Å². The first-order valence-corrected chi connectivity index (χ1v) is 17.8. The number of hydrogen-bond donors (Lipinski definition) is 12.